The number of thiophene rings is 1. The second-order valence-corrected chi connectivity index (χ2v) is 8.87. The molecule has 2 heterocycles. The standard InChI is InChI=1S/C19H22N4O2S2/c1-3-4-12-8-16(24)23-19(21-12)26-10-17(25)22-18-14(9-20)13-6-5-11(2)7-15(13)27-18/h8,11H,3-7,10H2,1-2H3,(H,22,25)(H,21,23,24)/t11-/m0/s1. The first-order valence-electron chi connectivity index (χ1n) is 9.07. The van der Waals surface area contributed by atoms with Crippen molar-refractivity contribution in [3.63, 3.8) is 0 Å². The number of amides is 1. The topological polar surface area (TPSA) is 98.6 Å². The van der Waals surface area contributed by atoms with Crippen LogP contribution in [0.3, 0.4) is 0 Å². The number of thioether (sulfide) groups is 1. The summed E-state index contributed by atoms with van der Waals surface area (Å²) in [5, 5.41) is 13.5. The lowest BCUT2D eigenvalue weighted by atomic mass is 9.89. The fourth-order valence-electron chi connectivity index (χ4n) is 3.19. The molecule has 0 unspecified atom stereocenters. The van der Waals surface area contributed by atoms with E-state index in [9.17, 15) is 14.9 Å². The maximum Gasteiger partial charge on any atom is 0.251 e. The predicted octanol–water partition coefficient (Wildman–Crippen LogP) is 3.51. The minimum atomic E-state index is -0.205. The second-order valence-electron chi connectivity index (χ2n) is 6.80. The average molecular weight is 403 g/mol. The molecule has 0 aromatic carbocycles. The summed E-state index contributed by atoms with van der Waals surface area (Å²) in [6.45, 7) is 4.24. The maximum absolute atomic E-state index is 12.4. The molecule has 2 N–H and O–H groups in total. The van der Waals surface area contributed by atoms with Crippen molar-refractivity contribution in [1.82, 2.24) is 9.97 Å². The van der Waals surface area contributed by atoms with Crippen LogP contribution in [0.25, 0.3) is 0 Å². The van der Waals surface area contributed by atoms with Crippen molar-refractivity contribution in [2.75, 3.05) is 11.1 Å². The number of carbonyl (C=O) groups is 1. The van der Waals surface area contributed by atoms with E-state index < -0.39 is 0 Å². The van der Waals surface area contributed by atoms with Crippen molar-refractivity contribution >= 4 is 34.0 Å². The van der Waals surface area contributed by atoms with Crippen LogP contribution in [0, 0.1) is 17.2 Å². The number of anilines is 1. The van der Waals surface area contributed by atoms with Gasteiger partial charge in [0.1, 0.15) is 11.1 Å². The van der Waals surface area contributed by atoms with Crippen LogP contribution in [0.1, 0.15) is 48.4 Å². The van der Waals surface area contributed by atoms with Crippen LogP contribution in [-0.2, 0) is 24.1 Å². The number of nitrogens with zero attached hydrogens (tertiary/aromatic N) is 2. The number of aryl methyl sites for hydroxylation is 1. The third-order valence-electron chi connectivity index (χ3n) is 4.50. The third-order valence-corrected chi connectivity index (χ3v) is 6.54. The summed E-state index contributed by atoms with van der Waals surface area (Å²) in [5.41, 5.74) is 2.23. The number of aromatic amines is 1. The quantitative estimate of drug-likeness (QED) is 0.569. The van der Waals surface area contributed by atoms with Crippen molar-refractivity contribution in [3.05, 3.63) is 38.1 Å². The highest BCUT2D eigenvalue weighted by molar-refractivity contribution is 7.99. The first kappa shape index (κ1) is 19.6. The lowest BCUT2D eigenvalue weighted by molar-refractivity contribution is -0.113. The Labute approximate surface area is 166 Å². The number of H-pyrrole nitrogens is 1. The van der Waals surface area contributed by atoms with Crippen molar-refractivity contribution in [2.24, 2.45) is 5.92 Å². The van der Waals surface area contributed by atoms with Crippen LogP contribution in [0.15, 0.2) is 16.0 Å². The first-order valence-corrected chi connectivity index (χ1v) is 10.9. The van der Waals surface area contributed by atoms with Gasteiger partial charge in [-0.2, -0.15) is 5.26 Å². The molecule has 0 radical (unpaired) electrons. The molecule has 27 heavy (non-hydrogen) atoms. The third kappa shape index (κ3) is 4.79. The highest BCUT2D eigenvalue weighted by atomic mass is 32.2. The SMILES string of the molecule is CCCc1cc(=O)[nH]c(SCC(=O)Nc2sc3c(c2C#N)CC[C@H](C)C3)n1. The summed E-state index contributed by atoms with van der Waals surface area (Å²) in [7, 11) is 0. The molecule has 1 atom stereocenters. The monoisotopic (exact) mass is 402 g/mol. The summed E-state index contributed by atoms with van der Waals surface area (Å²) in [6, 6.07) is 3.75. The molecular weight excluding hydrogens is 380 g/mol. The van der Waals surface area contributed by atoms with Crippen LogP contribution in [0.5, 0.6) is 0 Å². The van der Waals surface area contributed by atoms with Crippen molar-refractivity contribution in [1.29, 1.82) is 5.26 Å². The van der Waals surface area contributed by atoms with Crippen molar-refractivity contribution < 1.29 is 4.79 Å². The van der Waals surface area contributed by atoms with Crippen LogP contribution in [0.4, 0.5) is 5.00 Å². The molecule has 0 spiro atoms. The summed E-state index contributed by atoms with van der Waals surface area (Å²) in [5.74, 6) is 0.536. The van der Waals surface area contributed by atoms with Gasteiger partial charge in [0.2, 0.25) is 5.91 Å². The Morgan fingerprint density at radius 1 is 1.56 bits per heavy atom. The van der Waals surface area contributed by atoms with Gasteiger partial charge >= 0.3 is 0 Å². The van der Waals surface area contributed by atoms with Crippen molar-refractivity contribution in [2.45, 2.75) is 51.1 Å². The lowest BCUT2D eigenvalue weighted by Gasteiger charge is -2.17. The molecule has 1 amide bonds. The van der Waals surface area contributed by atoms with Gasteiger partial charge in [0.05, 0.1) is 11.3 Å². The van der Waals surface area contributed by atoms with E-state index >= 15 is 0 Å². The highest BCUT2D eigenvalue weighted by Gasteiger charge is 2.24. The van der Waals surface area contributed by atoms with Gasteiger partial charge in [0.15, 0.2) is 5.16 Å². The zero-order valence-corrected chi connectivity index (χ0v) is 17.1. The lowest BCUT2D eigenvalue weighted by Crippen LogP contribution is -2.16. The van der Waals surface area contributed by atoms with Crippen LogP contribution in [0.2, 0.25) is 0 Å². The molecule has 1 aliphatic carbocycles. The summed E-state index contributed by atoms with van der Waals surface area (Å²) in [4.78, 5) is 32.3. The Kier molecular flexibility index (Phi) is 6.34. The number of aromatic nitrogens is 2. The van der Waals surface area contributed by atoms with Gasteiger partial charge < -0.3 is 10.3 Å². The van der Waals surface area contributed by atoms with E-state index in [0.717, 1.165) is 43.4 Å². The summed E-state index contributed by atoms with van der Waals surface area (Å²) in [6.07, 6.45) is 4.58. The largest absolute Gasteiger partial charge is 0.316 e. The zero-order valence-electron chi connectivity index (χ0n) is 15.4. The van der Waals surface area contributed by atoms with E-state index in [4.69, 9.17) is 0 Å². The molecule has 0 saturated carbocycles. The molecular formula is C19H22N4O2S2. The molecule has 3 rings (SSSR count). The summed E-state index contributed by atoms with van der Waals surface area (Å²) >= 11 is 2.71. The molecule has 2 aromatic rings. The normalized spacial score (nSPS) is 15.8. The number of carbonyl (C=O) groups excluding carboxylic acids is 1. The maximum atomic E-state index is 12.4. The van der Waals surface area contributed by atoms with Crippen LogP contribution >= 0.6 is 23.1 Å². The minimum Gasteiger partial charge on any atom is -0.316 e. The van der Waals surface area contributed by atoms with E-state index in [1.54, 1.807) is 0 Å². The van der Waals surface area contributed by atoms with Gasteiger partial charge in [-0.05, 0) is 37.2 Å². The van der Waals surface area contributed by atoms with Gasteiger partial charge in [-0.15, -0.1) is 11.3 Å². The van der Waals surface area contributed by atoms with Crippen LogP contribution < -0.4 is 10.9 Å². The Morgan fingerprint density at radius 2 is 2.37 bits per heavy atom. The molecule has 8 heteroatoms. The first-order chi connectivity index (χ1) is 13.0. The average Bonchev–Trinajstić information content (AvgIpc) is 2.95. The van der Waals surface area contributed by atoms with Gasteiger partial charge in [-0.1, -0.05) is 32.0 Å². The fourth-order valence-corrected chi connectivity index (χ4v) is 5.26. The van der Waals surface area contributed by atoms with E-state index in [1.807, 2.05) is 6.92 Å². The Balaban J connectivity index is 1.67. The zero-order chi connectivity index (χ0) is 19.4. The number of rotatable bonds is 6. The van der Waals surface area contributed by atoms with E-state index in [2.05, 4.69) is 28.3 Å². The molecule has 0 fully saturated rings. The van der Waals surface area contributed by atoms with Gasteiger partial charge in [-0.3, -0.25) is 9.59 Å². The number of hydrogen-bond donors (Lipinski definition) is 2. The van der Waals surface area contributed by atoms with E-state index in [-0.39, 0.29) is 17.2 Å². The van der Waals surface area contributed by atoms with Gasteiger partial charge in [0, 0.05) is 16.6 Å². The number of hydrogen-bond acceptors (Lipinski definition) is 6. The second kappa shape index (κ2) is 8.72. The van der Waals surface area contributed by atoms with Crippen LogP contribution in [-0.4, -0.2) is 21.6 Å². The number of fused-ring (bicyclic) bond motifs is 1. The fraction of sp³-hybridized carbons (Fsp3) is 0.474. The molecule has 0 saturated heterocycles. The Morgan fingerprint density at radius 3 is 3.11 bits per heavy atom. The van der Waals surface area contributed by atoms with Gasteiger partial charge in [-0.25, -0.2) is 4.98 Å². The van der Waals surface area contributed by atoms with E-state index in [0.29, 0.717) is 21.6 Å². The molecule has 6 nitrogen and oxygen atoms in total. The molecule has 2 aromatic heterocycles. The molecule has 1 aliphatic rings. The summed E-state index contributed by atoms with van der Waals surface area (Å²) < 4.78 is 0. The van der Waals surface area contributed by atoms with E-state index in [1.165, 1.54) is 34.0 Å². The molecule has 0 bridgehead atoms. The smallest absolute Gasteiger partial charge is 0.251 e. The number of nitriles is 1. The highest BCUT2D eigenvalue weighted by Crippen LogP contribution is 2.39. The molecule has 0 aliphatic heterocycles. The predicted molar refractivity (Wildman–Crippen MR) is 108 cm³/mol. The Hall–Kier alpha value is -2.11. The minimum absolute atomic E-state index is 0.127. The molecule has 142 valence electrons. The van der Waals surface area contributed by atoms with Crippen molar-refractivity contribution in [3.8, 4) is 6.07 Å². The number of nitrogens with one attached hydrogen (secondary N) is 2. The Bertz CT molecular complexity index is 942. The van der Waals surface area contributed by atoms with Gasteiger partial charge in [0.25, 0.3) is 5.56 Å².